The van der Waals surface area contributed by atoms with Gasteiger partial charge in [-0.3, -0.25) is 9.59 Å². The van der Waals surface area contributed by atoms with Crippen LogP contribution in [0.1, 0.15) is 91.9 Å². The molecule has 0 heterocycles. The minimum absolute atomic E-state index is 0.0142. The molecular weight excluding hydrogens is 448 g/mol. The van der Waals surface area contributed by atoms with Crippen molar-refractivity contribution >= 4 is 20.1 Å². The normalized spacial score (nSPS) is 23.4. The van der Waals surface area contributed by atoms with Crippen LogP contribution < -0.4 is 0 Å². The van der Waals surface area contributed by atoms with Crippen molar-refractivity contribution in [1.82, 2.24) is 0 Å². The van der Waals surface area contributed by atoms with E-state index >= 15 is 0 Å². The summed E-state index contributed by atoms with van der Waals surface area (Å²) in [5, 5.41) is 21.5. The molecule has 1 fully saturated rings. The third-order valence-corrected chi connectivity index (χ3v) is 12.1. The van der Waals surface area contributed by atoms with Crippen LogP contribution in [0.5, 0.6) is 0 Å². The zero-order chi connectivity index (χ0) is 25.9. The second kappa shape index (κ2) is 14.5. The Morgan fingerprint density at radius 1 is 1.12 bits per heavy atom. The highest BCUT2D eigenvalue weighted by Crippen LogP contribution is 2.43. The van der Waals surface area contributed by atoms with E-state index in [4.69, 9.17) is 4.43 Å². The Morgan fingerprint density at radius 2 is 1.76 bits per heavy atom. The van der Waals surface area contributed by atoms with E-state index in [-0.39, 0.29) is 28.8 Å². The molecular formula is C27H50O6Si. The number of hydrogen-bond donors (Lipinski definition) is 2. The fourth-order valence-corrected chi connectivity index (χ4v) is 5.69. The number of methoxy groups -OCH3 is 1. The smallest absolute Gasteiger partial charge is 0.305 e. The predicted octanol–water partition coefficient (Wildman–Crippen LogP) is 5.56. The van der Waals surface area contributed by atoms with Crippen molar-refractivity contribution in [3.8, 4) is 0 Å². The monoisotopic (exact) mass is 498 g/mol. The second-order valence-electron chi connectivity index (χ2n) is 11.4. The van der Waals surface area contributed by atoms with E-state index in [1.165, 1.54) is 7.11 Å². The molecule has 1 rings (SSSR count). The van der Waals surface area contributed by atoms with E-state index in [1.807, 2.05) is 6.08 Å². The molecule has 0 spiro atoms. The fraction of sp³-hybridized carbons (Fsp3) is 0.852. The van der Waals surface area contributed by atoms with Gasteiger partial charge in [-0.1, -0.05) is 72.0 Å². The Bertz CT molecular complexity index is 654. The number of aliphatic hydroxyl groups excluding tert-OH is 2. The first-order chi connectivity index (χ1) is 15.8. The van der Waals surface area contributed by atoms with Gasteiger partial charge in [0.2, 0.25) is 0 Å². The number of hydrogen-bond acceptors (Lipinski definition) is 6. The minimum Gasteiger partial charge on any atom is -0.469 e. The van der Waals surface area contributed by atoms with Gasteiger partial charge in [0.25, 0.3) is 0 Å². The standard InChI is InChI=1S/C27H50O6Si/c1-8-9-11-14-20(28)17-18-21-24(33-34(6,7)27(2,3)4)19-23(30)26(21)22(29)15-12-10-13-16-25(31)32-5/h17-18,20-22,24,26,28-29H,8-16,19H2,1-7H3/b18-17+/t20-,21+,22?,24-,26?/m1/s1. The van der Waals surface area contributed by atoms with E-state index in [2.05, 4.69) is 45.5 Å². The first kappa shape index (κ1) is 31.0. The Hall–Kier alpha value is -1.02. The molecule has 0 aliphatic heterocycles. The third kappa shape index (κ3) is 9.92. The molecule has 6 nitrogen and oxygen atoms in total. The van der Waals surface area contributed by atoms with Gasteiger partial charge in [-0.25, -0.2) is 0 Å². The Labute approximate surface area is 208 Å². The van der Waals surface area contributed by atoms with E-state index in [0.29, 0.717) is 32.1 Å². The number of carbonyl (C=O) groups excluding carboxylic acids is 2. The molecule has 2 unspecified atom stereocenters. The summed E-state index contributed by atoms with van der Waals surface area (Å²) in [4.78, 5) is 24.3. The summed E-state index contributed by atoms with van der Waals surface area (Å²) >= 11 is 0. The molecule has 0 aromatic rings. The van der Waals surface area contributed by atoms with Crippen LogP contribution in [0.25, 0.3) is 0 Å². The molecule has 5 atom stereocenters. The lowest BCUT2D eigenvalue weighted by Crippen LogP contribution is -2.45. The highest BCUT2D eigenvalue weighted by atomic mass is 28.4. The molecule has 0 aromatic heterocycles. The SMILES string of the molecule is CCCCC[C@@H](O)/C=C/[C@@H]1C(C(O)CCCCCC(=O)OC)C(=O)C[C@H]1O[Si](C)(C)C(C)(C)C. The predicted molar refractivity (Wildman–Crippen MR) is 139 cm³/mol. The summed E-state index contributed by atoms with van der Waals surface area (Å²) in [6, 6.07) is 0. The average Bonchev–Trinajstić information content (AvgIpc) is 3.05. The topological polar surface area (TPSA) is 93.1 Å². The van der Waals surface area contributed by atoms with Crippen LogP contribution in [0.15, 0.2) is 12.2 Å². The van der Waals surface area contributed by atoms with E-state index in [0.717, 1.165) is 32.1 Å². The Balaban J connectivity index is 2.91. The maximum Gasteiger partial charge on any atom is 0.305 e. The highest BCUT2D eigenvalue weighted by molar-refractivity contribution is 6.74. The lowest BCUT2D eigenvalue weighted by molar-refractivity contribution is -0.140. The first-order valence-electron chi connectivity index (χ1n) is 13.2. The minimum atomic E-state index is -2.11. The summed E-state index contributed by atoms with van der Waals surface area (Å²) in [5.74, 6) is -0.942. The Kier molecular flexibility index (Phi) is 13.2. The van der Waals surface area contributed by atoms with Crippen molar-refractivity contribution in [3.05, 3.63) is 12.2 Å². The number of unbranched alkanes of at least 4 members (excludes halogenated alkanes) is 4. The molecule has 1 aliphatic carbocycles. The largest absolute Gasteiger partial charge is 0.469 e. The van der Waals surface area contributed by atoms with Crippen LogP contribution in [0.3, 0.4) is 0 Å². The van der Waals surface area contributed by atoms with Gasteiger partial charge >= 0.3 is 5.97 Å². The summed E-state index contributed by atoms with van der Waals surface area (Å²) in [6.45, 7) is 13.0. The molecule has 0 aromatic carbocycles. The molecule has 2 N–H and O–H groups in total. The summed E-state index contributed by atoms with van der Waals surface area (Å²) in [7, 11) is -0.729. The number of carbonyl (C=O) groups is 2. The number of ketones is 1. The van der Waals surface area contributed by atoms with Crippen LogP contribution >= 0.6 is 0 Å². The highest BCUT2D eigenvalue weighted by Gasteiger charge is 2.49. The van der Waals surface area contributed by atoms with Crippen LogP contribution in [0, 0.1) is 11.8 Å². The zero-order valence-electron chi connectivity index (χ0n) is 22.6. The summed E-state index contributed by atoms with van der Waals surface area (Å²) in [5.41, 5.74) is 0. The summed E-state index contributed by atoms with van der Waals surface area (Å²) < 4.78 is 11.3. The summed E-state index contributed by atoms with van der Waals surface area (Å²) in [6.07, 6.45) is 9.45. The van der Waals surface area contributed by atoms with Crippen molar-refractivity contribution < 1.29 is 29.0 Å². The van der Waals surface area contributed by atoms with Crippen LogP contribution in [0.4, 0.5) is 0 Å². The van der Waals surface area contributed by atoms with E-state index in [9.17, 15) is 19.8 Å². The average molecular weight is 499 g/mol. The second-order valence-corrected chi connectivity index (χ2v) is 16.1. The molecule has 1 saturated carbocycles. The number of rotatable bonds is 15. The van der Waals surface area contributed by atoms with Crippen LogP contribution in [0.2, 0.25) is 18.1 Å². The van der Waals surface area contributed by atoms with Gasteiger partial charge in [0.1, 0.15) is 5.78 Å². The molecule has 1 aliphatic rings. The molecule has 198 valence electrons. The van der Waals surface area contributed by atoms with Crippen molar-refractivity contribution in [3.63, 3.8) is 0 Å². The molecule has 0 radical (unpaired) electrons. The number of Topliss-reactive ketones (excluding diaryl/α,β-unsaturated/α-hetero) is 1. The van der Waals surface area contributed by atoms with Crippen molar-refractivity contribution in [2.24, 2.45) is 11.8 Å². The number of aliphatic hydroxyl groups is 2. The molecule has 0 saturated heterocycles. The number of ether oxygens (including phenoxy) is 1. The zero-order valence-corrected chi connectivity index (χ0v) is 23.6. The third-order valence-electron chi connectivity index (χ3n) is 7.55. The van der Waals surface area contributed by atoms with E-state index in [1.54, 1.807) is 6.08 Å². The van der Waals surface area contributed by atoms with Gasteiger partial charge in [0.05, 0.1) is 31.3 Å². The molecule has 7 heteroatoms. The molecule has 0 amide bonds. The van der Waals surface area contributed by atoms with Crippen molar-refractivity contribution in [1.29, 1.82) is 0 Å². The maximum atomic E-state index is 13.1. The van der Waals surface area contributed by atoms with Gasteiger partial charge in [-0.2, -0.15) is 0 Å². The quantitative estimate of drug-likeness (QED) is 0.133. The van der Waals surface area contributed by atoms with Crippen molar-refractivity contribution in [2.45, 2.75) is 128 Å². The van der Waals surface area contributed by atoms with Gasteiger partial charge in [0, 0.05) is 18.8 Å². The lowest BCUT2D eigenvalue weighted by atomic mass is 9.86. The van der Waals surface area contributed by atoms with Crippen molar-refractivity contribution in [2.75, 3.05) is 7.11 Å². The first-order valence-corrected chi connectivity index (χ1v) is 16.1. The fourth-order valence-electron chi connectivity index (χ4n) is 4.34. The Morgan fingerprint density at radius 3 is 2.35 bits per heavy atom. The maximum absolute atomic E-state index is 13.1. The van der Waals surface area contributed by atoms with Crippen LogP contribution in [-0.4, -0.2) is 55.7 Å². The van der Waals surface area contributed by atoms with Gasteiger partial charge < -0.3 is 19.4 Å². The van der Waals surface area contributed by atoms with E-state index < -0.39 is 26.4 Å². The lowest BCUT2D eigenvalue weighted by Gasteiger charge is -2.40. The number of esters is 1. The van der Waals surface area contributed by atoms with Gasteiger partial charge in [0.15, 0.2) is 8.32 Å². The van der Waals surface area contributed by atoms with Crippen LogP contribution in [-0.2, 0) is 18.8 Å². The van der Waals surface area contributed by atoms with Gasteiger partial charge in [-0.15, -0.1) is 0 Å². The molecule has 34 heavy (non-hydrogen) atoms. The molecule has 0 bridgehead atoms. The van der Waals surface area contributed by atoms with Gasteiger partial charge in [-0.05, 0) is 37.4 Å².